The number of ketones is 1. The molecule has 1 aromatic carbocycles. The molecule has 0 radical (unpaired) electrons. The Kier molecular flexibility index (Phi) is 3.33. The average molecular weight is 225 g/mol. The third-order valence-electron chi connectivity index (χ3n) is 2.89. The number of benzene rings is 1. The third kappa shape index (κ3) is 2.78. The van der Waals surface area contributed by atoms with Crippen LogP contribution < -0.4 is 0 Å². The smallest absolute Gasteiger partial charge is 0.185 e. The van der Waals surface area contributed by atoms with Gasteiger partial charge >= 0.3 is 0 Å². The van der Waals surface area contributed by atoms with E-state index in [4.69, 9.17) is 0 Å². The molecule has 0 N–H and O–H groups in total. The minimum absolute atomic E-state index is 0.0303. The van der Waals surface area contributed by atoms with E-state index in [2.05, 4.69) is 4.99 Å². The van der Waals surface area contributed by atoms with Crippen LogP contribution in [-0.4, -0.2) is 11.5 Å². The minimum Gasteiger partial charge on any atom is -0.289 e. The number of hydrogen-bond donors (Lipinski definition) is 0. The molecule has 0 aliphatic carbocycles. The van der Waals surface area contributed by atoms with Crippen molar-refractivity contribution in [2.24, 2.45) is 4.99 Å². The van der Waals surface area contributed by atoms with Crippen molar-refractivity contribution in [3.8, 4) is 0 Å². The number of hydrogen-bond acceptors (Lipinski definition) is 2. The fraction of sp³-hybridized carbons (Fsp3) is 0.200. The Morgan fingerprint density at radius 2 is 2.12 bits per heavy atom. The fourth-order valence-electron chi connectivity index (χ4n) is 1.65. The summed E-state index contributed by atoms with van der Waals surface area (Å²) in [5.74, 6) is 0.0303. The summed E-state index contributed by atoms with van der Waals surface area (Å²) in [6, 6.07) is 5.77. The summed E-state index contributed by atoms with van der Waals surface area (Å²) in [6.45, 7) is 4.05. The summed E-state index contributed by atoms with van der Waals surface area (Å²) in [7, 11) is 0. The van der Waals surface area contributed by atoms with Crippen molar-refractivity contribution in [1.29, 1.82) is 0 Å². The highest BCUT2D eigenvalue weighted by Crippen LogP contribution is 2.11. The lowest BCUT2D eigenvalue weighted by molar-refractivity contribution is 0.104. The number of nitrogens with zero attached hydrogens (tertiary/aromatic N) is 1. The van der Waals surface area contributed by atoms with Crippen LogP contribution in [0.5, 0.6) is 0 Å². The maximum absolute atomic E-state index is 11.9. The van der Waals surface area contributed by atoms with Crippen LogP contribution in [0.3, 0.4) is 0 Å². The summed E-state index contributed by atoms with van der Waals surface area (Å²) >= 11 is 0. The molecule has 0 unspecified atom stereocenters. The molecule has 17 heavy (non-hydrogen) atoms. The molecule has 86 valence electrons. The van der Waals surface area contributed by atoms with Crippen molar-refractivity contribution < 1.29 is 4.79 Å². The van der Waals surface area contributed by atoms with Crippen LogP contribution in [0.2, 0.25) is 0 Å². The summed E-state index contributed by atoms with van der Waals surface area (Å²) in [5, 5.41) is 0. The van der Waals surface area contributed by atoms with Gasteiger partial charge in [-0.05, 0) is 43.2 Å². The lowest BCUT2D eigenvalue weighted by Gasteiger charge is -2.01. The van der Waals surface area contributed by atoms with Gasteiger partial charge in [-0.3, -0.25) is 9.79 Å². The van der Waals surface area contributed by atoms with Crippen LogP contribution in [0.25, 0.3) is 0 Å². The molecule has 0 amide bonds. The predicted molar refractivity (Wildman–Crippen MR) is 70.6 cm³/mol. The molecule has 0 spiro atoms. The van der Waals surface area contributed by atoms with E-state index in [1.807, 2.05) is 38.1 Å². The highest BCUT2D eigenvalue weighted by Gasteiger charge is 2.04. The Morgan fingerprint density at radius 1 is 1.29 bits per heavy atom. The van der Waals surface area contributed by atoms with E-state index in [9.17, 15) is 4.79 Å². The first kappa shape index (κ1) is 11.5. The molecule has 0 fully saturated rings. The molecule has 0 bridgehead atoms. The number of aliphatic imine (C=N–C) groups is 1. The number of aryl methyl sites for hydroxylation is 2. The van der Waals surface area contributed by atoms with Gasteiger partial charge in [0.25, 0.3) is 0 Å². The maximum atomic E-state index is 11.9. The zero-order chi connectivity index (χ0) is 12.3. The van der Waals surface area contributed by atoms with E-state index in [0.717, 1.165) is 23.3 Å². The molecule has 0 saturated heterocycles. The second kappa shape index (κ2) is 4.91. The van der Waals surface area contributed by atoms with E-state index in [1.54, 1.807) is 18.4 Å². The Bertz CT molecular complexity index is 536. The Labute approximate surface area is 101 Å². The lowest BCUT2D eigenvalue weighted by Crippen LogP contribution is -1.97. The number of carbonyl (C=O) groups excluding carboxylic acids is 1. The second-order valence-corrected chi connectivity index (χ2v) is 4.21. The molecule has 2 heteroatoms. The summed E-state index contributed by atoms with van der Waals surface area (Å²) < 4.78 is 0. The Hall–Kier alpha value is -1.96. The van der Waals surface area contributed by atoms with Gasteiger partial charge in [0.2, 0.25) is 0 Å². The molecular weight excluding hydrogens is 210 g/mol. The summed E-state index contributed by atoms with van der Waals surface area (Å²) in [5.41, 5.74) is 4.01. The number of carbonyl (C=O) groups is 1. The molecule has 2 nitrogen and oxygen atoms in total. The highest BCUT2D eigenvalue weighted by molar-refractivity contribution is 6.09. The van der Waals surface area contributed by atoms with Crippen LogP contribution in [0, 0.1) is 13.8 Å². The summed E-state index contributed by atoms with van der Waals surface area (Å²) in [6.07, 6.45) is 7.94. The van der Waals surface area contributed by atoms with Gasteiger partial charge in [0.15, 0.2) is 5.78 Å². The average Bonchev–Trinajstić information content (AvgIpc) is 2.82. The van der Waals surface area contributed by atoms with Crippen LogP contribution in [0.4, 0.5) is 0 Å². The van der Waals surface area contributed by atoms with E-state index < -0.39 is 0 Å². The van der Waals surface area contributed by atoms with Crippen molar-refractivity contribution in [3.05, 3.63) is 59.3 Å². The molecule has 0 saturated carbocycles. The zero-order valence-corrected chi connectivity index (χ0v) is 10.1. The minimum atomic E-state index is 0.0303. The Balaban J connectivity index is 2.11. The highest BCUT2D eigenvalue weighted by atomic mass is 16.1. The largest absolute Gasteiger partial charge is 0.289 e. The van der Waals surface area contributed by atoms with Gasteiger partial charge in [-0.25, -0.2) is 0 Å². The van der Waals surface area contributed by atoms with Crippen molar-refractivity contribution in [1.82, 2.24) is 0 Å². The van der Waals surface area contributed by atoms with E-state index in [-0.39, 0.29) is 5.78 Å². The van der Waals surface area contributed by atoms with Crippen LogP contribution in [0.15, 0.2) is 47.6 Å². The normalized spacial score (nSPS) is 14.4. The van der Waals surface area contributed by atoms with Gasteiger partial charge in [-0.1, -0.05) is 18.2 Å². The summed E-state index contributed by atoms with van der Waals surface area (Å²) in [4.78, 5) is 16.0. The van der Waals surface area contributed by atoms with Crippen molar-refractivity contribution in [2.45, 2.75) is 20.3 Å². The van der Waals surface area contributed by atoms with E-state index in [0.29, 0.717) is 0 Å². The topological polar surface area (TPSA) is 29.4 Å². The van der Waals surface area contributed by atoms with Gasteiger partial charge in [-0.2, -0.15) is 0 Å². The standard InChI is InChI=1S/C15H15NO/c1-11-5-6-13(10-12(11)2)15(17)8-7-14-4-3-9-16-14/h3,5-10H,4H2,1-2H3/b8-7+. The molecular formula is C15H15NO. The van der Waals surface area contributed by atoms with E-state index in [1.165, 1.54) is 5.56 Å². The molecule has 2 rings (SSSR count). The maximum Gasteiger partial charge on any atom is 0.185 e. The van der Waals surface area contributed by atoms with E-state index >= 15 is 0 Å². The first-order valence-electron chi connectivity index (χ1n) is 5.68. The molecule has 1 aliphatic rings. The van der Waals surface area contributed by atoms with Crippen molar-refractivity contribution in [2.75, 3.05) is 0 Å². The van der Waals surface area contributed by atoms with Gasteiger partial charge < -0.3 is 0 Å². The predicted octanol–water partition coefficient (Wildman–Crippen LogP) is 3.40. The molecule has 0 atom stereocenters. The van der Waals surface area contributed by atoms with Gasteiger partial charge in [0.1, 0.15) is 0 Å². The first-order valence-corrected chi connectivity index (χ1v) is 5.68. The molecule has 1 aromatic rings. The monoisotopic (exact) mass is 225 g/mol. The zero-order valence-electron chi connectivity index (χ0n) is 10.1. The first-order chi connectivity index (χ1) is 8.16. The van der Waals surface area contributed by atoms with Crippen LogP contribution in [0.1, 0.15) is 27.9 Å². The quantitative estimate of drug-likeness (QED) is 0.572. The van der Waals surface area contributed by atoms with Crippen molar-refractivity contribution >= 4 is 11.5 Å². The lowest BCUT2D eigenvalue weighted by atomic mass is 10.0. The SMILES string of the molecule is Cc1ccc(C(=O)/C=C/C2=NC=CC2)cc1C. The molecule has 1 aliphatic heterocycles. The van der Waals surface area contributed by atoms with Crippen molar-refractivity contribution in [3.63, 3.8) is 0 Å². The number of rotatable bonds is 3. The third-order valence-corrected chi connectivity index (χ3v) is 2.89. The number of allylic oxidation sites excluding steroid dienone is 3. The Morgan fingerprint density at radius 3 is 2.76 bits per heavy atom. The fourth-order valence-corrected chi connectivity index (χ4v) is 1.65. The molecule has 1 heterocycles. The van der Waals surface area contributed by atoms with Crippen LogP contribution in [-0.2, 0) is 0 Å². The second-order valence-electron chi connectivity index (χ2n) is 4.21. The van der Waals surface area contributed by atoms with Gasteiger partial charge in [0, 0.05) is 23.9 Å². The van der Waals surface area contributed by atoms with Gasteiger partial charge in [-0.15, -0.1) is 0 Å². The van der Waals surface area contributed by atoms with Crippen LogP contribution >= 0.6 is 0 Å². The molecule has 0 aromatic heterocycles. The van der Waals surface area contributed by atoms with Gasteiger partial charge in [0.05, 0.1) is 0 Å².